The third kappa shape index (κ3) is 7.53. The van der Waals surface area contributed by atoms with Crippen LogP contribution in [0.5, 0.6) is 0 Å². The zero-order chi connectivity index (χ0) is 21.6. The van der Waals surface area contributed by atoms with Gasteiger partial charge in [-0.3, -0.25) is 19.7 Å². The number of thioether (sulfide) groups is 1. The fourth-order valence-corrected chi connectivity index (χ4v) is 3.83. The number of amides is 2. The summed E-state index contributed by atoms with van der Waals surface area (Å²) in [5, 5.41) is 13.1. The highest BCUT2D eigenvalue weighted by Gasteiger charge is 2.17. The molecular weight excluding hydrogens is 438 g/mol. The number of hydrogen-bond acceptors (Lipinski definition) is 9. The van der Waals surface area contributed by atoms with Crippen LogP contribution in [-0.2, 0) is 19.6 Å². The van der Waals surface area contributed by atoms with Crippen LogP contribution in [0.4, 0.5) is 10.8 Å². The Morgan fingerprint density at radius 1 is 1.10 bits per heavy atom. The van der Waals surface area contributed by atoms with E-state index in [1.807, 2.05) is 0 Å². The molecule has 0 fully saturated rings. The molecule has 0 unspecified atom stereocenters. The van der Waals surface area contributed by atoms with Crippen LogP contribution in [0.1, 0.15) is 17.3 Å². The topological polar surface area (TPSA) is 138 Å². The third-order valence-corrected chi connectivity index (χ3v) is 6.72. The molecule has 2 aromatic rings. The molecule has 0 aliphatic rings. The molecule has 29 heavy (non-hydrogen) atoms. The first-order valence-corrected chi connectivity index (χ1v) is 11.8. The summed E-state index contributed by atoms with van der Waals surface area (Å²) >= 11 is 2.22. The molecule has 0 aliphatic carbocycles. The Hall–Kier alpha value is -2.35. The molecule has 0 saturated heterocycles. The van der Waals surface area contributed by atoms with Crippen molar-refractivity contribution in [2.45, 2.75) is 11.3 Å². The highest BCUT2D eigenvalue weighted by Crippen LogP contribution is 2.25. The van der Waals surface area contributed by atoms with Gasteiger partial charge in [-0.25, -0.2) is 8.42 Å². The molecule has 0 saturated carbocycles. The van der Waals surface area contributed by atoms with Gasteiger partial charge < -0.3 is 5.32 Å². The van der Waals surface area contributed by atoms with Crippen molar-refractivity contribution in [2.24, 2.45) is 0 Å². The van der Waals surface area contributed by atoms with Crippen LogP contribution in [0.2, 0.25) is 0 Å². The molecule has 2 rings (SSSR count). The van der Waals surface area contributed by atoms with E-state index in [-0.39, 0.29) is 29.1 Å². The highest BCUT2D eigenvalue weighted by atomic mass is 32.2. The van der Waals surface area contributed by atoms with Gasteiger partial charge in [-0.1, -0.05) is 23.1 Å². The van der Waals surface area contributed by atoms with E-state index in [2.05, 4.69) is 20.8 Å². The summed E-state index contributed by atoms with van der Waals surface area (Å²) in [6, 6.07) is 6.55. The monoisotopic (exact) mass is 457 g/mol. The summed E-state index contributed by atoms with van der Waals surface area (Å²) in [6.45, 7) is 1.12. The number of Topliss-reactive ketones (excluding diaryl/α,β-unsaturated/α-hetero) is 1. The Kier molecular flexibility index (Phi) is 7.84. The van der Waals surface area contributed by atoms with Gasteiger partial charge in [-0.15, -0.1) is 10.2 Å². The number of nitrogens with zero attached hydrogens (tertiary/aromatic N) is 3. The van der Waals surface area contributed by atoms with Crippen molar-refractivity contribution in [1.29, 1.82) is 0 Å². The maximum absolute atomic E-state index is 12.0. The summed E-state index contributed by atoms with van der Waals surface area (Å²) < 4.78 is 24.0. The van der Waals surface area contributed by atoms with Gasteiger partial charge >= 0.3 is 0 Å². The van der Waals surface area contributed by atoms with E-state index < -0.39 is 15.9 Å². The van der Waals surface area contributed by atoms with Crippen molar-refractivity contribution in [3.8, 4) is 0 Å². The molecule has 0 spiro atoms. The van der Waals surface area contributed by atoms with Gasteiger partial charge in [0, 0.05) is 18.3 Å². The minimum Gasteiger partial charge on any atom is -0.325 e. The van der Waals surface area contributed by atoms with E-state index in [0.29, 0.717) is 15.6 Å². The van der Waals surface area contributed by atoms with Crippen molar-refractivity contribution in [2.75, 3.05) is 36.2 Å². The predicted molar refractivity (Wildman–Crippen MR) is 112 cm³/mol. The minimum absolute atomic E-state index is 0.0550. The molecule has 0 atom stereocenters. The second kappa shape index (κ2) is 9.91. The summed E-state index contributed by atoms with van der Waals surface area (Å²) in [5.41, 5.74) is 1.13. The number of carbonyl (C=O) groups is 3. The van der Waals surface area contributed by atoms with Crippen LogP contribution < -0.4 is 10.6 Å². The first-order valence-electron chi connectivity index (χ1n) is 8.13. The molecule has 156 valence electrons. The second-order valence-corrected chi connectivity index (χ2v) is 10.2. The number of likely N-dealkylation sites (N-methyl/N-ethyl adjacent to an activating group) is 1. The van der Waals surface area contributed by atoms with Crippen LogP contribution in [0, 0.1) is 0 Å². The summed E-state index contributed by atoms with van der Waals surface area (Å²) in [7, 11) is -2.17. The quantitative estimate of drug-likeness (QED) is 0.326. The number of nitrogens with one attached hydrogen (secondary N) is 2. The van der Waals surface area contributed by atoms with Gasteiger partial charge in [0.25, 0.3) is 0 Å². The van der Waals surface area contributed by atoms with E-state index >= 15 is 0 Å². The van der Waals surface area contributed by atoms with Gasteiger partial charge in [0.15, 0.2) is 10.1 Å². The lowest BCUT2D eigenvalue weighted by Crippen LogP contribution is -2.34. The fraction of sp³-hybridized carbons (Fsp3) is 0.312. The predicted octanol–water partition coefficient (Wildman–Crippen LogP) is 1.30. The van der Waals surface area contributed by atoms with E-state index in [4.69, 9.17) is 0 Å². The highest BCUT2D eigenvalue weighted by molar-refractivity contribution is 8.01. The Labute approximate surface area is 176 Å². The van der Waals surface area contributed by atoms with E-state index in [0.717, 1.165) is 33.7 Å². The first-order chi connectivity index (χ1) is 13.5. The Balaban J connectivity index is 1.81. The normalized spacial score (nSPS) is 11.3. The average molecular weight is 458 g/mol. The van der Waals surface area contributed by atoms with Crippen molar-refractivity contribution in [3.63, 3.8) is 0 Å². The Morgan fingerprint density at radius 3 is 2.34 bits per heavy atom. The molecule has 1 aromatic carbocycles. The molecule has 2 N–H and O–H groups in total. The van der Waals surface area contributed by atoms with Gasteiger partial charge in [0.2, 0.25) is 27.0 Å². The van der Waals surface area contributed by atoms with Crippen molar-refractivity contribution in [1.82, 2.24) is 14.5 Å². The summed E-state index contributed by atoms with van der Waals surface area (Å²) in [6.07, 6.45) is 1.00. The first kappa shape index (κ1) is 22.9. The maximum atomic E-state index is 12.0. The number of rotatable bonds is 9. The van der Waals surface area contributed by atoms with Crippen molar-refractivity contribution in [3.05, 3.63) is 29.8 Å². The molecule has 1 aromatic heterocycles. The Morgan fingerprint density at radius 2 is 1.76 bits per heavy atom. The van der Waals surface area contributed by atoms with E-state index in [1.165, 1.54) is 14.0 Å². The number of ketones is 1. The number of carbonyl (C=O) groups excluding carboxylic acids is 3. The Bertz CT molecular complexity index is 1000. The van der Waals surface area contributed by atoms with Gasteiger partial charge in [-0.2, -0.15) is 4.31 Å². The number of aromatic nitrogens is 2. The lowest BCUT2D eigenvalue weighted by molar-refractivity contribution is -0.116. The van der Waals surface area contributed by atoms with Crippen LogP contribution in [0.3, 0.4) is 0 Å². The minimum atomic E-state index is -3.46. The molecule has 10 nitrogen and oxygen atoms in total. The number of anilines is 2. The second-order valence-electron chi connectivity index (χ2n) is 5.91. The summed E-state index contributed by atoms with van der Waals surface area (Å²) in [4.78, 5) is 35.1. The standard InChI is InChI=1S/C16H19N5O5S3/c1-10(22)11-4-6-12(7-5-11)17-14(24)9-27-16-20-19-15(28-16)18-13(23)8-21(2)29(3,25)26/h4-7H,8-9H2,1-3H3,(H,17,24)(H,18,19,23). The average Bonchev–Trinajstić information content (AvgIpc) is 3.06. The van der Waals surface area contributed by atoms with Gasteiger partial charge in [0.1, 0.15) is 0 Å². The summed E-state index contributed by atoms with van der Waals surface area (Å²) in [5.74, 6) is -0.785. The number of hydrogen-bond donors (Lipinski definition) is 2. The van der Waals surface area contributed by atoms with Gasteiger partial charge in [0.05, 0.1) is 18.6 Å². The zero-order valence-electron chi connectivity index (χ0n) is 15.8. The third-order valence-electron chi connectivity index (χ3n) is 3.49. The van der Waals surface area contributed by atoms with E-state index in [1.54, 1.807) is 24.3 Å². The molecule has 1 heterocycles. The lowest BCUT2D eigenvalue weighted by atomic mass is 10.1. The molecule has 0 aliphatic heterocycles. The molecule has 0 radical (unpaired) electrons. The van der Waals surface area contributed by atoms with Crippen LogP contribution in [-0.4, -0.2) is 66.1 Å². The van der Waals surface area contributed by atoms with Crippen LogP contribution in [0.15, 0.2) is 28.6 Å². The maximum Gasteiger partial charge on any atom is 0.241 e. The smallest absolute Gasteiger partial charge is 0.241 e. The van der Waals surface area contributed by atoms with Gasteiger partial charge in [-0.05, 0) is 31.2 Å². The molecule has 13 heteroatoms. The molecular formula is C16H19N5O5S3. The fourth-order valence-electron chi connectivity index (χ4n) is 1.91. The van der Waals surface area contributed by atoms with Crippen molar-refractivity contribution < 1.29 is 22.8 Å². The molecule has 2 amide bonds. The number of benzene rings is 1. The van der Waals surface area contributed by atoms with Crippen LogP contribution >= 0.6 is 23.1 Å². The largest absolute Gasteiger partial charge is 0.325 e. The van der Waals surface area contributed by atoms with Crippen LogP contribution in [0.25, 0.3) is 0 Å². The number of sulfonamides is 1. The lowest BCUT2D eigenvalue weighted by Gasteiger charge is -2.12. The van der Waals surface area contributed by atoms with Crippen molar-refractivity contribution >= 4 is 61.5 Å². The van der Waals surface area contributed by atoms with E-state index in [9.17, 15) is 22.8 Å². The SMILES string of the molecule is CC(=O)c1ccc(NC(=O)CSc2nnc(NC(=O)CN(C)S(C)(=O)=O)s2)cc1. The zero-order valence-corrected chi connectivity index (χ0v) is 18.3. The molecule has 0 bridgehead atoms.